The molecule has 88 valence electrons. The molecule has 0 radical (unpaired) electrons. The molecular weight excluding hydrogens is 220 g/mol. The van der Waals surface area contributed by atoms with Crippen LogP contribution in [0.2, 0.25) is 0 Å². The maximum Gasteiger partial charge on any atom is 0.109 e. The van der Waals surface area contributed by atoms with Crippen LogP contribution in [0.3, 0.4) is 0 Å². The number of aliphatic hydroxyl groups is 1. The molecule has 3 heterocycles. The number of aliphatic hydroxyl groups excluding tert-OH is 1. The second-order valence-electron chi connectivity index (χ2n) is 4.78. The second kappa shape index (κ2) is 4.41. The van der Waals surface area contributed by atoms with E-state index < -0.39 is 0 Å². The van der Waals surface area contributed by atoms with E-state index in [2.05, 4.69) is 10.8 Å². The van der Waals surface area contributed by atoms with Crippen molar-refractivity contribution in [3.8, 4) is 0 Å². The summed E-state index contributed by atoms with van der Waals surface area (Å²) in [5, 5.41) is 9.36. The molecule has 0 saturated carbocycles. The van der Waals surface area contributed by atoms with E-state index in [9.17, 15) is 5.11 Å². The monoisotopic (exact) mass is 238 g/mol. The highest BCUT2D eigenvalue weighted by atomic mass is 32.2. The van der Waals surface area contributed by atoms with Crippen LogP contribution in [0.1, 0.15) is 42.7 Å². The van der Waals surface area contributed by atoms with Crippen molar-refractivity contribution in [1.82, 2.24) is 9.55 Å². The maximum atomic E-state index is 9.36. The Kier molecular flexibility index (Phi) is 2.94. The van der Waals surface area contributed by atoms with Crippen LogP contribution in [-0.2, 0) is 6.42 Å². The summed E-state index contributed by atoms with van der Waals surface area (Å²) >= 11 is 2.03. The molecular formula is C12H18N2OS. The van der Waals surface area contributed by atoms with Gasteiger partial charge in [-0.2, -0.15) is 11.8 Å². The first-order chi connectivity index (χ1) is 7.88. The minimum atomic E-state index is 0.252. The van der Waals surface area contributed by atoms with Crippen LogP contribution in [0.5, 0.6) is 0 Å². The van der Waals surface area contributed by atoms with Gasteiger partial charge < -0.3 is 9.67 Å². The lowest BCUT2D eigenvalue weighted by atomic mass is 10.1. The highest BCUT2D eigenvalue weighted by Gasteiger charge is 2.25. The van der Waals surface area contributed by atoms with Gasteiger partial charge in [0.1, 0.15) is 5.82 Å². The number of thioether (sulfide) groups is 1. The first-order valence-electron chi connectivity index (χ1n) is 6.14. The Morgan fingerprint density at radius 2 is 2.44 bits per heavy atom. The molecule has 0 bridgehead atoms. The number of hydrogen-bond acceptors (Lipinski definition) is 3. The van der Waals surface area contributed by atoms with Gasteiger partial charge in [-0.3, -0.25) is 0 Å². The molecule has 3 rings (SSSR count). The Hall–Kier alpha value is -0.480. The Labute approximate surface area is 100 Å². The van der Waals surface area contributed by atoms with Gasteiger partial charge >= 0.3 is 0 Å². The predicted molar refractivity (Wildman–Crippen MR) is 66.0 cm³/mol. The summed E-state index contributed by atoms with van der Waals surface area (Å²) in [5.74, 6) is 4.34. The van der Waals surface area contributed by atoms with Crippen molar-refractivity contribution in [1.29, 1.82) is 0 Å². The summed E-state index contributed by atoms with van der Waals surface area (Å²) in [6.45, 7) is 0.252. The molecule has 2 aliphatic rings. The number of fused-ring (bicyclic) bond motifs is 1. The normalized spacial score (nSPS) is 29.3. The maximum absolute atomic E-state index is 9.36. The van der Waals surface area contributed by atoms with Crippen LogP contribution in [0, 0.1) is 0 Å². The smallest absolute Gasteiger partial charge is 0.109 e. The number of nitrogens with zero attached hydrogens (tertiary/aromatic N) is 2. The van der Waals surface area contributed by atoms with Crippen LogP contribution in [-0.4, -0.2) is 32.8 Å². The zero-order chi connectivity index (χ0) is 11.0. The van der Waals surface area contributed by atoms with Gasteiger partial charge in [0.05, 0.1) is 18.3 Å². The van der Waals surface area contributed by atoms with E-state index in [4.69, 9.17) is 4.98 Å². The van der Waals surface area contributed by atoms with E-state index in [1.807, 2.05) is 11.8 Å². The molecule has 0 amide bonds. The van der Waals surface area contributed by atoms with Crippen LogP contribution in [0.25, 0.3) is 0 Å². The van der Waals surface area contributed by atoms with Crippen LogP contribution in [0.4, 0.5) is 0 Å². The Bertz CT molecular complexity index is 371. The molecule has 1 aromatic heterocycles. The van der Waals surface area contributed by atoms with E-state index in [1.54, 1.807) is 0 Å². The third-order valence-corrected chi connectivity index (χ3v) is 4.88. The lowest BCUT2D eigenvalue weighted by Gasteiger charge is -2.22. The highest BCUT2D eigenvalue weighted by Crippen LogP contribution is 2.34. The summed E-state index contributed by atoms with van der Waals surface area (Å²) in [4.78, 5) is 4.77. The van der Waals surface area contributed by atoms with Gasteiger partial charge in [0, 0.05) is 24.3 Å². The molecule has 0 aromatic carbocycles. The summed E-state index contributed by atoms with van der Waals surface area (Å²) in [7, 11) is 0. The van der Waals surface area contributed by atoms with E-state index in [-0.39, 0.29) is 12.6 Å². The van der Waals surface area contributed by atoms with Crippen LogP contribution in [0.15, 0.2) is 6.20 Å². The second-order valence-corrected chi connectivity index (χ2v) is 5.93. The lowest BCUT2D eigenvalue weighted by molar-refractivity contribution is 0.206. The summed E-state index contributed by atoms with van der Waals surface area (Å²) in [6.07, 6.45) is 6.81. The average molecular weight is 238 g/mol. The van der Waals surface area contributed by atoms with E-state index in [1.165, 1.54) is 35.9 Å². The lowest BCUT2D eigenvalue weighted by Crippen LogP contribution is -2.20. The molecule has 0 aliphatic carbocycles. The predicted octanol–water partition coefficient (Wildman–Crippen LogP) is 1.97. The highest BCUT2D eigenvalue weighted by molar-refractivity contribution is 7.99. The zero-order valence-corrected chi connectivity index (χ0v) is 10.2. The van der Waals surface area contributed by atoms with Crippen molar-refractivity contribution in [3.05, 3.63) is 17.7 Å². The minimum Gasteiger partial charge on any atom is -0.394 e. The van der Waals surface area contributed by atoms with Crippen LogP contribution < -0.4 is 0 Å². The summed E-state index contributed by atoms with van der Waals surface area (Å²) < 4.78 is 2.22. The van der Waals surface area contributed by atoms with Gasteiger partial charge in [-0.1, -0.05) is 0 Å². The van der Waals surface area contributed by atoms with Gasteiger partial charge in [0.25, 0.3) is 0 Å². The van der Waals surface area contributed by atoms with E-state index >= 15 is 0 Å². The number of rotatable bonds is 2. The van der Waals surface area contributed by atoms with Gasteiger partial charge in [-0.25, -0.2) is 4.98 Å². The van der Waals surface area contributed by atoms with Crippen molar-refractivity contribution in [2.24, 2.45) is 0 Å². The SMILES string of the molecule is OCC1CCCc2nc(C3CCSC3)cn21. The number of hydrogen-bond donors (Lipinski definition) is 1. The van der Waals surface area contributed by atoms with Crippen molar-refractivity contribution in [2.75, 3.05) is 18.1 Å². The third kappa shape index (κ3) is 1.78. The Morgan fingerprint density at radius 3 is 3.19 bits per heavy atom. The molecule has 3 nitrogen and oxygen atoms in total. The summed E-state index contributed by atoms with van der Waals surface area (Å²) in [5.41, 5.74) is 1.26. The molecule has 0 spiro atoms. The van der Waals surface area contributed by atoms with Gasteiger partial charge in [-0.15, -0.1) is 0 Å². The Balaban J connectivity index is 1.89. The molecule has 1 fully saturated rings. The first-order valence-corrected chi connectivity index (χ1v) is 7.30. The molecule has 16 heavy (non-hydrogen) atoms. The fraction of sp³-hybridized carbons (Fsp3) is 0.750. The molecule has 2 unspecified atom stereocenters. The largest absolute Gasteiger partial charge is 0.394 e. The third-order valence-electron chi connectivity index (χ3n) is 3.72. The molecule has 4 heteroatoms. The number of aromatic nitrogens is 2. The molecule has 2 atom stereocenters. The molecule has 1 N–H and O–H groups in total. The first kappa shape index (κ1) is 10.7. The van der Waals surface area contributed by atoms with Gasteiger partial charge in [0.15, 0.2) is 0 Å². The topological polar surface area (TPSA) is 38.1 Å². The Morgan fingerprint density at radius 1 is 1.50 bits per heavy atom. The quantitative estimate of drug-likeness (QED) is 0.856. The summed E-state index contributed by atoms with van der Waals surface area (Å²) in [6, 6.07) is 0.277. The number of imidazole rings is 1. The van der Waals surface area contributed by atoms with Gasteiger partial charge in [0.2, 0.25) is 0 Å². The van der Waals surface area contributed by atoms with E-state index in [0.29, 0.717) is 5.92 Å². The number of aryl methyl sites for hydroxylation is 1. The van der Waals surface area contributed by atoms with Gasteiger partial charge in [-0.05, 0) is 25.0 Å². The van der Waals surface area contributed by atoms with Crippen molar-refractivity contribution >= 4 is 11.8 Å². The molecule has 2 aliphatic heterocycles. The fourth-order valence-corrected chi connectivity index (χ4v) is 3.97. The minimum absolute atomic E-state index is 0.252. The average Bonchev–Trinajstić information content (AvgIpc) is 2.96. The van der Waals surface area contributed by atoms with Crippen molar-refractivity contribution in [2.45, 2.75) is 37.6 Å². The van der Waals surface area contributed by atoms with Crippen molar-refractivity contribution in [3.63, 3.8) is 0 Å². The molecule has 1 saturated heterocycles. The standard InChI is InChI=1S/C12H18N2OS/c15-7-10-2-1-3-12-13-11(6-14(10)12)9-4-5-16-8-9/h6,9-10,15H,1-5,7-8H2. The van der Waals surface area contributed by atoms with E-state index in [0.717, 1.165) is 12.8 Å². The van der Waals surface area contributed by atoms with Crippen molar-refractivity contribution < 1.29 is 5.11 Å². The van der Waals surface area contributed by atoms with Crippen LogP contribution >= 0.6 is 11.8 Å². The fourth-order valence-electron chi connectivity index (χ4n) is 2.73. The zero-order valence-electron chi connectivity index (χ0n) is 9.43. The molecule has 1 aromatic rings.